The van der Waals surface area contributed by atoms with Gasteiger partial charge in [-0.1, -0.05) is 50.6 Å². The van der Waals surface area contributed by atoms with Crippen LogP contribution in [0, 0.1) is 18.3 Å². The highest BCUT2D eigenvalue weighted by molar-refractivity contribution is 8.01. The summed E-state index contributed by atoms with van der Waals surface area (Å²) in [6.07, 6.45) is 0. The molecule has 2 heteroatoms. The summed E-state index contributed by atoms with van der Waals surface area (Å²) in [5, 5.41) is 9.10. The molecule has 80 valence electrons. The number of hydrogen-bond donors (Lipinski definition) is 0. The highest BCUT2D eigenvalue weighted by atomic mass is 32.2. The van der Waals surface area contributed by atoms with Crippen molar-refractivity contribution in [2.45, 2.75) is 37.7 Å². The Kier molecular flexibility index (Phi) is 3.82. The quantitative estimate of drug-likeness (QED) is 0.748. The molecule has 1 atom stereocenters. The molecule has 0 amide bonds. The van der Waals surface area contributed by atoms with Gasteiger partial charge in [-0.3, -0.25) is 0 Å². The van der Waals surface area contributed by atoms with Crippen molar-refractivity contribution >= 4 is 11.8 Å². The van der Waals surface area contributed by atoms with E-state index in [1.54, 1.807) is 11.8 Å². The molecule has 0 aliphatic carbocycles. The van der Waals surface area contributed by atoms with Crippen LogP contribution >= 0.6 is 11.8 Å². The third-order valence-corrected chi connectivity index (χ3v) is 3.25. The molecule has 0 aliphatic heterocycles. The van der Waals surface area contributed by atoms with Crippen LogP contribution in [0.2, 0.25) is 0 Å². The summed E-state index contributed by atoms with van der Waals surface area (Å²) < 4.78 is 0.115. The van der Waals surface area contributed by atoms with E-state index in [1.807, 2.05) is 12.1 Å². The van der Waals surface area contributed by atoms with E-state index in [9.17, 15) is 0 Å². The maximum absolute atomic E-state index is 9.16. The van der Waals surface area contributed by atoms with Gasteiger partial charge in [-0.05, 0) is 12.5 Å². The largest absolute Gasteiger partial charge is 0.197 e. The Morgan fingerprint density at radius 3 is 2.47 bits per heavy atom. The van der Waals surface area contributed by atoms with Gasteiger partial charge in [0.1, 0.15) is 5.25 Å². The number of hydrogen-bond acceptors (Lipinski definition) is 2. The minimum atomic E-state index is -0.0649. The average molecular weight is 219 g/mol. The first-order valence-electron chi connectivity index (χ1n) is 5.06. The minimum Gasteiger partial charge on any atom is -0.197 e. The lowest BCUT2D eigenvalue weighted by Crippen LogP contribution is -2.10. The van der Waals surface area contributed by atoms with Crippen LogP contribution in [-0.2, 0) is 0 Å². The van der Waals surface area contributed by atoms with Gasteiger partial charge in [-0.15, -0.1) is 11.8 Å². The second kappa shape index (κ2) is 4.72. The zero-order valence-corrected chi connectivity index (χ0v) is 10.6. The Hall–Kier alpha value is -0.940. The number of thioether (sulfide) groups is 1. The second-order valence-corrected chi connectivity index (χ2v) is 6.59. The molecule has 0 N–H and O–H groups in total. The van der Waals surface area contributed by atoms with Crippen molar-refractivity contribution in [1.29, 1.82) is 5.26 Å². The lowest BCUT2D eigenvalue weighted by Gasteiger charge is -2.21. The fourth-order valence-corrected chi connectivity index (χ4v) is 2.40. The lowest BCUT2D eigenvalue weighted by atomic mass is 10.1. The lowest BCUT2D eigenvalue weighted by molar-refractivity contribution is 0.799. The molecule has 1 aromatic carbocycles. The minimum absolute atomic E-state index is 0.0649. The Balaban J connectivity index is 2.90. The standard InChI is InChI=1S/C13H17NS/c1-10-6-5-7-11(8-10)12(9-14)15-13(2,3)4/h5-8,12H,1-4H3. The van der Waals surface area contributed by atoms with Crippen molar-refractivity contribution in [3.05, 3.63) is 35.4 Å². The van der Waals surface area contributed by atoms with Crippen LogP contribution in [0.25, 0.3) is 0 Å². The number of benzene rings is 1. The van der Waals surface area contributed by atoms with Gasteiger partial charge < -0.3 is 0 Å². The van der Waals surface area contributed by atoms with Gasteiger partial charge in [-0.2, -0.15) is 5.26 Å². The van der Waals surface area contributed by atoms with Crippen molar-refractivity contribution < 1.29 is 0 Å². The molecule has 0 fully saturated rings. The summed E-state index contributed by atoms with van der Waals surface area (Å²) in [4.78, 5) is 0. The molecule has 0 bridgehead atoms. The normalized spacial score (nSPS) is 13.3. The third kappa shape index (κ3) is 3.97. The van der Waals surface area contributed by atoms with E-state index in [2.05, 4.69) is 45.9 Å². The van der Waals surface area contributed by atoms with Crippen LogP contribution in [0.3, 0.4) is 0 Å². The van der Waals surface area contributed by atoms with Gasteiger partial charge >= 0.3 is 0 Å². The van der Waals surface area contributed by atoms with Crippen LogP contribution in [0.5, 0.6) is 0 Å². The van der Waals surface area contributed by atoms with Crippen LogP contribution in [0.1, 0.15) is 37.1 Å². The van der Waals surface area contributed by atoms with Gasteiger partial charge in [0.05, 0.1) is 6.07 Å². The molecule has 1 nitrogen and oxygen atoms in total. The van der Waals surface area contributed by atoms with Gasteiger partial charge in [0.15, 0.2) is 0 Å². The van der Waals surface area contributed by atoms with Crippen molar-refractivity contribution in [3.8, 4) is 6.07 Å². The van der Waals surface area contributed by atoms with Crippen molar-refractivity contribution in [2.24, 2.45) is 0 Å². The van der Waals surface area contributed by atoms with Gasteiger partial charge in [0, 0.05) is 4.75 Å². The molecule has 0 spiro atoms. The van der Waals surface area contributed by atoms with E-state index in [0.29, 0.717) is 0 Å². The van der Waals surface area contributed by atoms with E-state index in [1.165, 1.54) is 5.56 Å². The Bertz CT molecular complexity index is 371. The van der Waals surface area contributed by atoms with E-state index in [0.717, 1.165) is 5.56 Å². The van der Waals surface area contributed by atoms with Crippen LogP contribution in [-0.4, -0.2) is 4.75 Å². The van der Waals surface area contributed by atoms with Crippen LogP contribution < -0.4 is 0 Å². The molecule has 0 saturated heterocycles. The summed E-state index contributed by atoms with van der Waals surface area (Å²) in [5.74, 6) is 0. The molecule has 0 aromatic heterocycles. The summed E-state index contributed by atoms with van der Waals surface area (Å²) in [6.45, 7) is 8.47. The predicted octanol–water partition coefficient (Wildman–Crippen LogP) is 4.09. The average Bonchev–Trinajstić information content (AvgIpc) is 2.13. The third-order valence-electron chi connectivity index (χ3n) is 1.93. The SMILES string of the molecule is Cc1cccc(C(C#N)SC(C)(C)C)c1. The highest BCUT2D eigenvalue weighted by Crippen LogP contribution is 2.37. The zero-order chi connectivity index (χ0) is 11.5. The summed E-state index contributed by atoms with van der Waals surface area (Å²) in [5.41, 5.74) is 2.32. The number of nitriles is 1. The fraction of sp³-hybridized carbons (Fsp3) is 0.462. The molecule has 0 radical (unpaired) electrons. The fourth-order valence-electron chi connectivity index (χ4n) is 1.36. The van der Waals surface area contributed by atoms with E-state index in [4.69, 9.17) is 5.26 Å². The molecule has 1 unspecified atom stereocenters. The Morgan fingerprint density at radius 1 is 1.33 bits per heavy atom. The van der Waals surface area contributed by atoms with Crippen molar-refractivity contribution in [2.75, 3.05) is 0 Å². The molecule has 0 saturated carbocycles. The van der Waals surface area contributed by atoms with E-state index >= 15 is 0 Å². The smallest absolute Gasteiger partial charge is 0.117 e. The summed E-state index contributed by atoms with van der Waals surface area (Å²) in [6, 6.07) is 10.5. The number of rotatable bonds is 2. The predicted molar refractivity (Wildman–Crippen MR) is 66.9 cm³/mol. The van der Waals surface area contributed by atoms with Crippen LogP contribution in [0.4, 0.5) is 0 Å². The Labute approximate surface area is 96.5 Å². The second-order valence-electron chi connectivity index (χ2n) is 4.65. The number of nitrogens with zero attached hydrogens (tertiary/aromatic N) is 1. The molecular weight excluding hydrogens is 202 g/mol. The topological polar surface area (TPSA) is 23.8 Å². The molecular formula is C13H17NS. The maximum Gasteiger partial charge on any atom is 0.117 e. The molecule has 1 rings (SSSR count). The summed E-state index contributed by atoms with van der Waals surface area (Å²) >= 11 is 1.70. The van der Waals surface area contributed by atoms with Crippen molar-refractivity contribution in [1.82, 2.24) is 0 Å². The first kappa shape index (κ1) is 12.1. The van der Waals surface area contributed by atoms with Gasteiger partial charge in [0.25, 0.3) is 0 Å². The number of aryl methyl sites for hydroxylation is 1. The molecule has 0 heterocycles. The van der Waals surface area contributed by atoms with E-state index in [-0.39, 0.29) is 10.00 Å². The first-order valence-corrected chi connectivity index (χ1v) is 5.94. The molecule has 15 heavy (non-hydrogen) atoms. The summed E-state index contributed by atoms with van der Waals surface area (Å²) in [7, 11) is 0. The molecule has 1 aromatic rings. The van der Waals surface area contributed by atoms with Crippen molar-refractivity contribution in [3.63, 3.8) is 0 Å². The zero-order valence-electron chi connectivity index (χ0n) is 9.74. The van der Waals surface area contributed by atoms with Crippen LogP contribution in [0.15, 0.2) is 24.3 Å². The highest BCUT2D eigenvalue weighted by Gasteiger charge is 2.20. The van der Waals surface area contributed by atoms with E-state index < -0.39 is 0 Å². The van der Waals surface area contributed by atoms with Gasteiger partial charge in [0.2, 0.25) is 0 Å². The van der Waals surface area contributed by atoms with Gasteiger partial charge in [-0.25, -0.2) is 0 Å². The first-order chi connectivity index (χ1) is 6.92. The Morgan fingerprint density at radius 2 is 2.00 bits per heavy atom. The monoisotopic (exact) mass is 219 g/mol. The maximum atomic E-state index is 9.16. The molecule has 0 aliphatic rings.